The summed E-state index contributed by atoms with van der Waals surface area (Å²) in [4.78, 5) is 3.07. The molecule has 8 aromatic rings. The third kappa shape index (κ3) is 12.6. The number of rotatable bonds is 19. The van der Waals surface area contributed by atoms with E-state index in [9.17, 15) is 63.0 Å². The number of pyridine rings is 1. The molecule has 3 aromatic heterocycles. The van der Waals surface area contributed by atoms with Crippen molar-refractivity contribution in [2.45, 2.75) is 35.3 Å². The lowest BCUT2D eigenvalue weighted by Crippen LogP contribution is -2.13. The number of imidazole rings is 1. The van der Waals surface area contributed by atoms with Gasteiger partial charge in [0.1, 0.15) is 55.6 Å². The van der Waals surface area contributed by atoms with Crippen molar-refractivity contribution < 1.29 is 66.5 Å². The lowest BCUT2D eigenvalue weighted by Gasteiger charge is -2.10. The van der Waals surface area contributed by atoms with Gasteiger partial charge in [-0.15, -0.1) is 30.7 Å². The highest BCUT2D eigenvalue weighted by atomic mass is 79.9. The van der Waals surface area contributed by atoms with Gasteiger partial charge in [-0.1, -0.05) is 48.3 Å². The van der Waals surface area contributed by atoms with Gasteiger partial charge in [0.25, 0.3) is 40.5 Å². The molecular formula is C50H39BrN10O15S5. The summed E-state index contributed by atoms with van der Waals surface area (Å²) in [6.45, 7) is 6.14. The standard InChI is InChI=1S/C50H39BrN10O15S5/c1-5-37-41(17-7-26(2)79(66,67)68)61-47(54-37)35(24-52)27(3)46(50(61)62)58-55-38-15-16-39(34-23-31(80(69,70)71)11-13-33(34)38)56-59-48-36(25-53)44(29-8-12-32-28(21-29)9-18-42(75-4)45(32)51)49(77-48)60-57-40-14-10-30(22-43(40)81(72,73)74)76-19-6-20-78(63,64)65/h5,7-18,21-23,26,62H,1,6,19-20H2,2-4H3,(H,63,64,65)(H,66,67,68)(H,69,70,71)(H,72,73,74)/b17-7-,58-55?,59-56?,60-57?. The first-order valence-electron chi connectivity index (χ1n) is 22.9. The minimum Gasteiger partial charge on any atom is -0.496 e. The Hall–Kier alpha value is -8.21. The number of aromatic hydroxyl groups is 1. The fraction of sp³-hybridized carbons (Fsp3) is 0.140. The van der Waals surface area contributed by atoms with Gasteiger partial charge in [-0.3, -0.25) is 22.6 Å². The molecule has 5 N–H and O–H groups in total. The molecule has 81 heavy (non-hydrogen) atoms. The number of nitrogens with zero attached hydrogens (tertiary/aromatic N) is 10. The molecule has 5 aromatic carbocycles. The van der Waals surface area contributed by atoms with Crippen LogP contribution >= 0.6 is 27.3 Å². The van der Waals surface area contributed by atoms with Crippen molar-refractivity contribution in [2.75, 3.05) is 19.5 Å². The quantitative estimate of drug-likeness (QED) is 0.0285. The fourth-order valence-corrected chi connectivity index (χ4v) is 11.5. The molecule has 25 nitrogen and oxygen atoms in total. The summed E-state index contributed by atoms with van der Waals surface area (Å²) >= 11 is 4.33. The predicted molar refractivity (Wildman–Crippen MR) is 302 cm³/mol. The van der Waals surface area contributed by atoms with Gasteiger partial charge >= 0.3 is 0 Å². The summed E-state index contributed by atoms with van der Waals surface area (Å²) in [5.74, 6) is -0.799. The summed E-state index contributed by atoms with van der Waals surface area (Å²) in [6.07, 6.45) is 3.53. The van der Waals surface area contributed by atoms with Gasteiger partial charge in [0.2, 0.25) is 5.88 Å². The molecule has 1 unspecified atom stereocenters. The van der Waals surface area contributed by atoms with Crippen molar-refractivity contribution in [1.29, 1.82) is 10.5 Å². The summed E-state index contributed by atoms with van der Waals surface area (Å²) < 4.78 is 148. The Bertz CT molecular complexity index is 4640. The number of ether oxygens (including phenoxy) is 2. The van der Waals surface area contributed by atoms with Gasteiger partial charge in [0.05, 0.1) is 51.6 Å². The van der Waals surface area contributed by atoms with E-state index in [2.05, 4.69) is 64.2 Å². The van der Waals surface area contributed by atoms with Crippen molar-refractivity contribution in [1.82, 2.24) is 9.38 Å². The Labute approximate surface area is 473 Å². The average molecular weight is 1260 g/mol. The zero-order chi connectivity index (χ0) is 58.9. The van der Waals surface area contributed by atoms with Crippen molar-refractivity contribution >= 4 is 140 Å². The van der Waals surface area contributed by atoms with Crippen LogP contribution in [0.15, 0.2) is 136 Å². The topological polar surface area (TPSA) is 395 Å². The number of hydrogen-bond acceptors (Lipinski definition) is 21. The molecule has 0 aliphatic carbocycles. The number of hydrogen-bond donors (Lipinski definition) is 5. The third-order valence-corrected chi connectivity index (χ3v) is 17.5. The molecule has 0 spiro atoms. The number of halogens is 1. The minimum atomic E-state index is -5.02. The number of benzene rings is 5. The number of aromatic nitrogens is 2. The van der Waals surface area contributed by atoms with Gasteiger partial charge in [-0.25, -0.2) is 4.98 Å². The van der Waals surface area contributed by atoms with Crippen LogP contribution in [-0.4, -0.2) is 91.1 Å². The molecule has 416 valence electrons. The van der Waals surface area contributed by atoms with Crippen molar-refractivity contribution in [3.05, 3.63) is 124 Å². The van der Waals surface area contributed by atoms with Gasteiger partial charge < -0.3 is 14.6 Å². The summed E-state index contributed by atoms with van der Waals surface area (Å²) in [6, 6.07) is 22.3. The van der Waals surface area contributed by atoms with Crippen LogP contribution in [0, 0.1) is 29.6 Å². The second-order valence-corrected chi connectivity index (χ2v) is 25.1. The number of thiophene rings is 1. The van der Waals surface area contributed by atoms with Crippen molar-refractivity contribution in [3.63, 3.8) is 0 Å². The van der Waals surface area contributed by atoms with Crippen molar-refractivity contribution in [3.8, 4) is 40.6 Å². The second kappa shape index (κ2) is 23.1. The number of methoxy groups -OCH3 is 1. The average Bonchev–Trinajstić information content (AvgIpc) is 4.24. The van der Waals surface area contributed by atoms with Gasteiger partial charge in [0, 0.05) is 28.0 Å². The molecule has 31 heteroatoms. The van der Waals surface area contributed by atoms with Gasteiger partial charge in [-0.2, -0.15) is 44.2 Å². The van der Waals surface area contributed by atoms with E-state index in [1.165, 1.54) is 57.4 Å². The maximum atomic E-state index is 12.7. The van der Waals surface area contributed by atoms with E-state index in [4.69, 9.17) is 14.0 Å². The predicted octanol–water partition coefficient (Wildman–Crippen LogP) is 12.2. The second-order valence-electron chi connectivity index (χ2n) is 17.2. The maximum absolute atomic E-state index is 12.7. The highest BCUT2D eigenvalue weighted by Gasteiger charge is 2.26. The van der Waals surface area contributed by atoms with Crippen LogP contribution in [0.5, 0.6) is 17.4 Å². The van der Waals surface area contributed by atoms with Crippen LogP contribution in [0.4, 0.5) is 32.8 Å². The molecule has 1 atom stereocenters. The van der Waals surface area contributed by atoms with Crippen molar-refractivity contribution in [2.24, 2.45) is 30.7 Å². The molecule has 0 amide bonds. The largest absolute Gasteiger partial charge is 0.496 e. The molecule has 0 aliphatic rings. The maximum Gasteiger partial charge on any atom is 0.296 e. The molecule has 0 bridgehead atoms. The number of azo groups is 3. The highest BCUT2D eigenvalue weighted by molar-refractivity contribution is 9.10. The number of nitriles is 2. The molecule has 0 saturated heterocycles. The molecule has 0 aliphatic heterocycles. The first-order valence-corrected chi connectivity index (χ1v) is 30.5. The summed E-state index contributed by atoms with van der Waals surface area (Å²) in [7, 11) is -17.2. The fourth-order valence-electron chi connectivity index (χ4n) is 8.02. The normalized spacial score (nSPS) is 13.1. The first kappa shape index (κ1) is 58.9. The smallest absolute Gasteiger partial charge is 0.296 e. The lowest BCUT2D eigenvalue weighted by atomic mass is 9.99. The van der Waals surface area contributed by atoms with E-state index in [0.29, 0.717) is 21.2 Å². The lowest BCUT2D eigenvalue weighted by molar-refractivity contribution is 0.315. The van der Waals surface area contributed by atoms with E-state index in [1.54, 1.807) is 30.3 Å². The van der Waals surface area contributed by atoms with E-state index in [0.717, 1.165) is 51.5 Å². The monoisotopic (exact) mass is 1260 g/mol. The molecule has 0 fully saturated rings. The van der Waals surface area contributed by atoms with Crippen LogP contribution in [0.25, 0.3) is 50.5 Å². The Morgan fingerprint density at radius 2 is 1.44 bits per heavy atom. The zero-order valence-electron chi connectivity index (χ0n) is 41.9. The van der Waals surface area contributed by atoms with Crippen LogP contribution in [0.3, 0.4) is 0 Å². The third-order valence-electron chi connectivity index (χ3n) is 12.0. The number of fused-ring (bicyclic) bond motifs is 3. The molecule has 3 heterocycles. The van der Waals surface area contributed by atoms with Gasteiger partial charge in [0.15, 0.2) is 16.3 Å². The van der Waals surface area contributed by atoms with Gasteiger partial charge in [-0.05, 0) is 113 Å². The van der Waals surface area contributed by atoms with Crippen LogP contribution in [-0.2, 0) is 40.5 Å². The molecular weight excluding hydrogens is 1220 g/mol. The van der Waals surface area contributed by atoms with E-state index >= 15 is 0 Å². The van der Waals surface area contributed by atoms with E-state index in [-0.39, 0.29) is 102 Å². The molecule has 0 radical (unpaired) electrons. The highest BCUT2D eigenvalue weighted by Crippen LogP contribution is 2.50. The summed E-state index contributed by atoms with van der Waals surface area (Å²) in [5.41, 5.74) is 0.0178. The van der Waals surface area contributed by atoms with Crippen LogP contribution in [0.1, 0.15) is 41.4 Å². The first-order chi connectivity index (χ1) is 38.2. The molecule has 8 rings (SSSR count). The summed E-state index contributed by atoms with van der Waals surface area (Å²) in [5, 5.41) is 58.8. The Kier molecular flexibility index (Phi) is 16.8. The Morgan fingerprint density at radius 1 is 0.790 bits per heavy atom. The van der Waals surface area contributed by atoms with E-state index < -0.39 is 67.1 Å². The Morgan fingerprint density at radius 3 is 2.09 bits per heavy atom. The SMILES string of the molecule is C=Cc1nc2c(C#N)c(C)c(N=Nc3ccc(N=Nc4sc(N=Nc5ccc(OCCCS(=O)(=O)O)cc5S(=O)(=O)O)c(-c5ccc6c(Br)c(OC)ccc6c5)c4C#N)c4cc(S(=O)(=O)O)ccc34)c(O)n2c1/C=C\C(C)S(=O)(=O)O. The minimum absolute atomic E-state index is 0.0133. The Balaban J connectivity index is 1.26. The zero-order valence-corrected chi connectivity index (χ0v) is 47.5. The van der Waals surface area contributed by atoms with Crippen LogP contribution in [0.2, 0.25) is 0 Å². The van der Waals surface area contributed by atoms with E-state index in [1.807, 2.05) is 6.07 Å². The van der Waals surface area contributed by atoms with Crippen LogP contribution < -0.4 is 9.47 Å². The molecule has 0 saturated carbocycles.